The van der Waals surface area contributed by atoms with Gasteiger partial charge in [-0.1, -0.05) is 23.5 Å². The predicted octanol–water partition coefficient (Wildman–Crippen LogP) is 4.64. The van der Waals surface area contributed by atoms with Crippen molar-refractivity contribution in [1.82, 2.24) is 9.97 Å². The second-order valence-corrected chi connectivity index (χ2v) is 9.00. The van der Waals surface area contributed by atoms with Crippen molar-refractivity contribution in [2.24, 2.45) is 0 Å². The topological polar surface area (TPSA) is 102 Å². The van der Waals surface area contributed by atoms with E-state index in [-0.39, 0.29) is 11.3 Å². The zero-order valence-corrected chi connectivity index (χ0v) is 20.0. The van der Waals surface area contributed by atoms with E-state index in [1.54, 1.807) is 30.3 Å². The van der Waals surface area contributed by atoms with Crippen molar-refractivity contribution in [3.63, 3.8) is 0 Å². The summed E-state index contributed by atoms with van der Waals surface area (Å²) in [6.45, 7) is 1.98. The van der Waals surface area contributed by atoms with Gasteiger partial charge in [-0.05, 0) is 54.4 Å². The van der Waals surface area contributed by atoms with Crippen molar-refractivity contribution < 1.29 is 24.2 Å². The van der Waals surface area contributed by atoms with Crippen molar-refractivity contribution >= 4 is 44.1 Å². The molecule has 35 heavy (non-hydrogen) atoms. The van der Waals surface area contributed by atoms with E-state index < -0.39 is 17.7 Å². The highest BCUT2D eigenvalue weighted by Gasteiger charge is 2.48. The van der Waals surface area contributed by atoms with Gasteiger partial charge in [0.1, 0.15) is 5.76 Å². The number of aromatic nitrogens is 2. The minimum absolute atomic E-state index is 0.0381. The summed E-state index contributed by atoms with van der Waals surface area (Å²) in [7, 11) is 3.03. The summed E-state index contributed by atoms with van der Waals surface area (Å²) in [5, 5.41) is 11.5. The number of carbonyl (C=O) groups excluding carboxylic acids is 2. The number of hydrogen-bond donors (Lipinski definition) is 1. The lowest BCUT2D eigenvalue weighted by molar-refractivity contribution is -0.132. The number of Topliss-reactive ketones (excluding diaryl/α,β-unsaturated/α-hetero) is 1. The molecule has 1 aliphatic heterocycles. The van der Waals surface area contributed by atoms with E-state index in [2.05, 4.69) is 9.97 Å². The average Bonchev–Trinajstić information content (AvgIpc) is 3.41. The highest BCUT2D eigenvalue weighted by molar-refractivity contribution is 7.22. The summed E-state index contributed by atoms with van der Waals surface area (Å²) in [5.41, 5.74) is 2.68. The number of ether oxygens (including phenoxy) is 2. The van der Waals surface area contributed by atoms with Crippen LogP contribution < -0.4 is 14.4 Å². The van der Waals surface area contributed by atoms with Crippen LogP contribution in [-0.4, -0.2) is 41.0 Å². The lowest BCUT2D eigenvalue weighted by Gasteiger charge is -2.23. The number of ketones is 1. The highest BCUT2D eigenvalue weighted by Crippen LogP contribution is 2.45. The van der Waals surface area contributed by atoms with Gasteiger partial charge in [0.25, 0.3) is 5.78 Å². The van der Waals surface area contributed by atoms with Crippen LogP contribution in [0, 0.1) is 6.92 Å². The van der Waals surface area contributed by atoms with Crippen LogP contribution in [0.2, 0.25) is 0 Å². The molecular weight excluding hydrogens is 466 g/mol. The lowest BCUT2D eigenvalue weighted by Crippen LogP contribution is -2.29. The molecular formula is C26H21N3O5S. The number of rotatable bonds is 5. The number of aliphatic hydroxyl groups is 1. The maximum Gasteiger partial charge on any atom is 0.301 e. The number of aliphatic hydroxyl groups excluding tert-OH is 1. The molecule has 3 heterocycles. The monoisotopic (exact) mass is 487 g/mol. The summed E-state index contributed by atoms with van der Waals surface area (Å²) in [5.74, 6) is -0.923. The zero-order valence-electron chi connectivity index (χ0n) is 19.2. The Balaban J connectivity index is 1.75. The number of pyridine rings is 1. The molecule has 2 aromatic carbocycles. The van der Waals surface area contributed by atoms with E-state index in [4.69, 9.17) is 9.47 Å². The third-order valence-corrected chi connectivity index (χ3v) is 6.88. The Hall–Kier alpha value is -4.24. The van der Waals surface area contributed by atoms with Gasteiger partial charge in [-0.2, -0.15) is 0 Å². The summed E-state index contributed by atoms with van der Waals surface area (Å²) >= 11 is 1.31. The quantitative estimate of drug-likeness (QED) is 0.248. The molecule has 1 fully saturated rings. The molecule has 0 radical (unpaired) electrons. The number of amides is 1. The highest BCUT2D eigenvalue weighted by atomic mass is 32.1. The number of carbonyl (C=O) groups is 2. The summed E-state index contributed by atoms with van der Waals surface area (Å²) < 4.78 is 11.7. The number of anilines is 1. The Labute approximate surface area is 205 Å². The first-order chi connectivity index (χ1) is 16.9. The third kappa shape index (κ3) is 3.79. The lowest BCUT2D eigenvalue weighted by atomic mass is 9.95. The van der Waals surface area contributed by atoms with E-state index in [1.165, 1.54) is 42.8 Å². The Morgan fingerprint density at radius 3 is 2.46 bits per heavy atom. The van der Waals surface area contributed by atoms with E-state index in [1.807, 2.05) is 25.1 Å². The molecule has 1 saturated heterocycles. The van der Waals surface area contributed by atoms with Gasteiger partial charge in [0.05, 0.1) is 36.1 Å². The first-order valence-corrected chi connectivity index (χ1v) is 11.5. The van der Waals surface area contributed by atoms with E-state index in [0.717, 1.165) is 15.8 Å². The van der Waals surface area contributed by atoms with Crippen LogP contribution in [0.1, 0.15) is 22.7 Å². The molecule has 0 bridgehead atoms. The van der Waals surface area contributed by atoms with Crippen LogP contribution in [0.15, 0.2) is 66.5 Å². The van der Waals surface area contributed by atoms with Gasteiger partial charge in [0.15, 0.2) is 16.6 Å². The minimum atomic E-state index is -0.926. The zero-order chi connectivity index (χ0) is 24.7. The van der Waals surface area contributed by atoms with Crippen LogP contribution in [0.4, 0.5) is 5.13 Å². The van der Waals surface area contributed by atoms with E-state index >= 15 is 0 Å². The van der Waals surface area contributed by atoms with Crippen LogP contribution in [-0.2, 0) is 9.59 Å². The largest absolute Gasteiger partial charge is 0.507 e. The molecule has 1 amide bonds. The van der Waals surface area contributed by atoms with E-state index in [9.17, 15) is 14.7 Å². The van der Waals surface area contributed by atoms with Crippen molar-refractivity contribution in [2.75, 3.05) is 19.1 Å². The summed E-state index contributed by atoms with van der Waals surface area (Å²) in [4.78, 5) is 36.7. The number of thiazole rings is 1. The molecule has 1 atom stereocenters. The number of methoxy groups -OCH3 is 2. The van der Waals surface area contributed by atoms with Crippen molar-refractivity contribution in [2.45, 2.75) is 13.0 Å². The molecule has 4 aromatic rings. The fourth-order valence-electron chi connectivity index (χ4n) is 4.16. The molecule has 1 unspecified atom stereocenters. The summed E-state index contributed by atoms with van der Waals surface area (Å²) in [6.07, 6.45) is 3.01. The second-order valence-electron chi connectivity index (χ2n) is 7.99. The maximum absolute atomic E-state index is 13.4. The van der Waals surface area contributed by atoms with Crippen molar-refractivity contribution in [3.8, 4) is 11.5 Å². The van der Waals surface area contributed by atoms with Gasteiger partial charge < -0.3 is 14.6 Å². The minimum Gasteiger partial charge on any atom is -0.507 e. The first kappa shape index (κ1) is 22.5. The van der Waals surface area contributed by atoms with Gasteiger partial charge in [-0.25, -0.2) is 4.98 Å². The average molecular weight is 488 g/mol. The number of aryl methyl sites for hydroxylation is 1. The molecule has 9 heteroatoms. The van der Waals surface area contributed by atoms with Crippen LogP contribution in [0.5, 0.6) is 11.5 Å². The molecule has 8 nitrogen and oxygen atoms in total. The molecule has 5 rings (SSSR count). The van der Waals surface area contributed by atoms with Crippen molar-refractivity contribution in [1.29, 1.82) is 0 Å². The van der Waals surface area contributed by atoms with Crippen molar-refractivity contribution in [3.05, 3.63) is 83.2 Å². The fourth-order valence-corrected chi connectivity index (χ4v) is 5.25. The first-order valence-electron chi connectivity index (χ1n) is 10.7. The standard InChI is InChI=1S/C26H21N3O5S/c1-14-4-6-17-20(12-14)35-26(28-17)29-22(16-5-7-18(33-2)19(13-16)34-3)21(24(31)25(29)32)23(30)15-8-10-27-11-9-15/h4-13,22,30H,1-3H3. The number of hydrogen-bond acceptors (Lipinski definition) is 8. The molecule has 0 spiro atoms. The van der Waals surface area contributed by atoms with Crippen LogP contribution in [0.3, 0.4) is 0 Å². The Morgan fingerprint density at radius 2 is 1.74 bits per heavy atom. The van der Waals surface area contributed by atoms with Gasteiger partial charge in [-0.3, -0.25) is 19.5 Å². The van der Waals surface area contributed by atoms with Gasteiger partial charge >= 0.3 is 5.91 Å². The molecule has 1 aliphatic rings. The Kier molecular flexibility index (Phi) is 5.70. The maximum atomic E-state index is 13.4. The molecule has 0 saturated carbocycles. The summed E-state index contributed by atoms with van der Waals surface area (Å²) in [6, 6.07) is 13.2. The fraction of sp³-hybridized carbons (Fsp3) is 0.154. The number of benzene rings is 2. The molecule has 0 aliphatic carbocycles. The van der Waals surface area contributed by atoms with Crippen LogP contribution >= 0.6 is 11.3 Å². The smallest absolute Gasteiger partial charge is 0.301 e. The Bertz CT molecular complexity index is 1500. The second kappa shape index (κ2) is 8.84. The van der Waals surface area contributed by atoms with Crippen LogP contribution in [0.25, 0.3) is 16.0 Å². The van der Waals surface area contributed by atoms with Gasteiger partial charge in [0.2, 0.25) is 0 Å². The number of fused-ring (bicyclic) bond motifs is 1. The van der Waals surface area contributed by atoms with Gasteiger partial charge in [-0.15, -0.1) is 0 Å². The van der Waals surface area contributed by atoms with Gasteiger partial charge in [0, 0.05) is 18.0 Å². The van der Waals surface area contributed by atoms with E-state index in [0.29, 0.717) is 27.8 Å². The predicted molar refractivity (Wildman–Crippen MR) is 133 cm³/mol. The number of nitrogens with zero attached hydrogens (tertiary/aromatic N) is 3. The third-order valence-electron chi connectivity index (χ3n) is 5.86. The molecule has 176 valence electrons. The molecule has 2 aromatic heterocycles. The molecule has 1 N–H and O–H groups in total. The SMILES string of the molecule is COc1ccc(C2C(=C(O)c3ccncc3)C(=O)C(=O)N2c2nc3ccc(C)cc3s2)cc1OC. The normalized spacial score (nSPS) is 17.2. The Morgan fingerprint density at radius 1 is 1.00 bits per heavy atom.